The Kier molecular flexibility index (Phi) is 5.15. The predicted molar refractivity (Wildman–Crippen MR) is 88.1 cm³/mol. The van der Waals surface area contributed by atoms with Gasteiger partial charge in [-0.15, -0.1) is 0 Å². The van der Waals surface area contributed by atoms with Crippen LogP contribution in [0.4, 0.5) is 5.69 Å². The molecule has 0 heterocycles. The van der Waals surface area contributed by atoms with Crippen molar-refractivity contribution < 1.29 is 8.42 Å². The Morgan fingerprint density at radius 1 is 1.35 bits per heavy atom. The van der Waals surface area contributed by atoms with Gasteiger partial charge in [-0.05, 0) is 47.3 Å². The highest BCUT2D eigenvalue weighted by Gasteiger charge is 2.39. The lowest BCUT2D eigenvalue weighted by molar-refractivity contribution is 0.395. The Hall–Kier alpha value is -0.110. The molecular formula is C13H18Br2N2O2S. The summed E-state index contributed by atoms with van der Waals surface area (Å²) in [5.41, 5.74) is 6.20. The third-order valence-electron chi connectivity index (χ3n) is 3.29. The zero-order valence-corrected chi connectivity index (χ0v) is 15.3. The molecule has 0 spiro atoms. The highest BCUT2D eigenvalue weighted by molar-refractivity contribution is 9.11. The minimum Gasteiger partial charge on any atom is -0.398 e. The first-order chi connectivity index (χ1) is 9.37. The van der Waals surface area contributed by atoms with Crippen molar-refractivity contribution in [3.05, 3.63) is 21.1 Å². The van der Waals surface area contributed by atoms with Crippen molar-refractivity contribution in [1.82, 2.24) is 4.31 Å². The average Bonchev–Trinajstić information content (AvgIpc) is 3.11. The number of hydrogen-bond acceptors (Lipinski definition) is 3. The molecule has 1 fully saturated rings. The van der Waals surface area contributed by atoms with Crippen molar-refractivity contribution in [3.8, 4) is 0 Å². The summed E-state index contributed by atoms with van der Waals surface area (Å²) in [6.07, 6.45) is 3.72. The summed E-state index contributed by atoms with van der Waals surface area (Å²) in [4.78, 5) is 0.184. The fraction of sp³-hybridized carbons (Fsp3) is 0.538. The molecule has 2 rings (SSSR count). The second kappa shape index (κ2) is 6.34. The maximum Gasteiger partial charge on any atom is 0.246 e. The summed E-state index contributed by atoms with van der Waals surface area (Å²) in [5, 5.41) is 0. The van der Waals surface area contributed by atoms with Gasteiger partial charge in [0.2, 0.25) is 10.0 Å². The van der Waals surface area contributed by atoms with E-state index in [0.717, 1.165) is 30.2 Å². The van der Waals surface area contributed by atoms with Crippen LogP contribution in [0.5, 0.6) is 0 Å². The van der Waals surface area contributed by atoms with Crippen molar-refractivity contribution in [2.24, 2.45) is 0 Å². The Bertz CT molecular complexity index is 577. The van der Waals surface area contributed by atoms with Crippen LogP contribution in [0.15, 0.2) is 26.0 Å². The Labute approximate surface area is 137 Å². The number of sulfonamides is 1. The summed E-state index contributed by atoms with van der Waals surface area (Å²) in [5.74, 6) is 0. The molecule has 1 aromatic carbocycles. The number of rotatable bonds is 6. The molecule has 0 atom stereocenters. The van der Waals surface area contributed by atoms with Crippen molar-refractivity contribution in [3.63, 3.8) is 0 Å². The molecular weight excluding hydrogens is 408 g/mol. The number of nitrogen functional groups attached to an aromatic ring is 1. The normalized spacial score (nSPS) is 15.8. The molecule has 0 unspecified atom stereocenters. The number of nitrogens with zero attached hydrogens (tertiary/aromatic N) is 1. The van der Waals surface area contributed by atoms with Gasteiger partial charge in [0.15, 0.2) is 0 Å². The molecule has 7 heteroatoms. The second-order valence-electron chi connectivity index (χ2n) is 5.01. The van der Waals surface area contributed by atoms with Gasteiger partial charge < -0.3 is 5.73 Å². The predicted octanol–water partition coefficient (Wildman–Crippen LogP) is 3.75. The van der Waals surface area contributed by atoms with Crippen LogP contribution in [0.2, 0.25) is 0 Å². The fourth-order valence-electron chi connectivity index (χ4n) is 2.15. The molecule has 4 nitrogen and oxygen atoms in total. The summed E-state index contributed by atoms with van der Waals surface area (Å²) in [7, 11) is -3.55. The van der Waals surface area contributed by atoms with E-state index < -0.39 is 10.0 Å². The molecule has 0 aromatic heterocycles. The fourth-order valence-corrected chi connectivity index (χ4v) is 5.89. The van der Waals surface area contributed by atoms with Crippen LogP contribution in [0, 0.1) is 0 Å². The maximum absolute atomic E-state index is 12.9. The number of anilines is 1. The van der Waals surface area contributed by atoms with E-state index in [4.69, 9.17) is 5.73 Å². The van der Waals surface area contributed by atoms with E-state index in [0.29, 0.717) is 11.0 Å². The van der Waals surface area contributed by atoms with Gasteiger partial charge in [-0.25, -0.2) is 8.42 Å². The van der Waals surface area contributed by atoms with E-state index in [-0.39, 0.29) is 16.6 Å². The van der Waals surface area contributed by atoms with Gasteiger partial charge >= 0.3 is 0 Å². The zero-order valence-electron chi connectivity index (χ0n) is 11.3. The number of benzene rings is 1. The van der Waals surface area contributed by atoms with Gasteiger partial charge in [0.05, 0.1) is 5.69 Å². The molecule has 1 aromatic rings. The number of halogens is 2. The van der Waals surface area contributed by atoms with Gasteiger partial charge in [0, 0.05) is 21.5 Å². The Balaban J connectivity index is 2.42. The highest BCUT2D eigenvalue weighted by atomic mass is 79.9. The SMILES string of the molecule is CCCCN(C1CC1)S(=O)(=O)c1c(N)cc(Br)cc1Br. The molecule has 0 radical (unpaired) electrons. The lowest BCUT2D eigenvalue weighted by atomic mass is 10.3. The topological polar surface area (TPSA) is 63.4 Å². The van der Waals surface area contributed by atoms with Crippen LogP contribution in [-0.4, -0.2) is 25.3 Å². The third kappa shape index (κ3) is 3.37. The molecule has 1 saturated carbocycles. The van der Waals surface area contributed by atoms with Gasteiger partial charge in [-0.3, -0.25) is 0 Å². The maximum atomic E-state index is 12.9. The second-order valence-corrected chi connectivity index (χ2v) is 8.60. The van der Waals surface area contributed by atoms with E-state index in [2.05, 4.69) is 38.8 Å². The molecule has 0 bridgehead atoms. The van der Waals surface area contributed by atoms with Crippen LogP contribution in [-0.2, 0) is 10.0 Å². The number of nitrogens with two attached hydrogens (primary N) is 1. The molecule has 0 saturated heterocycles. The minimum atomic E-state index is -3.55. The monoisotopic (exact) mass is 424 g/mol. The van der Waals surface area contributed by atoms with E-state index in [1.54, 1.807) is 16.4 Å². The Morgan fingerprint density at radius 3 is 2.50 bits per heavy atom. The highest BCUT2D eigenvalue weighted by Crippen LogP contribution is 2.38. The summed E-state index contributed by atoms with van der Waals surface area (Å²) < 4.78 is 28.6. The van der Waals surface area contributed by atoms with Crippen LogP contribution in [0.25, 0.3) is 0 Å². The lowest BCUT2D eigenvalue weighted by Gasteiger charge is -2.23. The van der Waals surface area contributed by atoms with Crippen molar-refractivity contribution in [1.29, 1.82) is 0 Å². The lowest BCUT2D eigenvalue weighted by Crippen LogP contribution is -2.34. The van der Waals surface area contributed by atoms with Gasteiger partial charge in [-0.1, -0.05) is 29.3 Å². The first kappa shape index (κ1) is 16.3. The molecule has 112 valence electrons. The van der Waals surface area contributed by atoms with Crippen molar-refractivity contribution >= 4 is 47.6 Å². The van der Waals surface area contributed by atoms with E-state index in [1.807, 2.05) is 0 Å². The molecule has 0 aliphatic heterocycles. The van der Waals surface area contributed by atoms with E-state index >= 15 is 0 Å². The van der Waals surface area contributed by atoms with E-state index in [1.165, 1.54) is 0 Å². The Morgan fingerprint density at radius 2 is 2.00 bits per heavy atom. The summed E-state index contributed by atoms with van der Waals surface area (Å²) in [6.45, 7) is 2.62. The zero-order chi connectivity index (χ0) is 14.9. The first-order valence-electron chi connectivity index (χ1n) is 6.64. The third-order valence-corrected chi connectivity index (χ3v) is 6.71. The number of hydrogen-bond donors (Lipinski definition) is 1. The molecule has 20 heavy (non-hydrogen) atoms. The van der Waals surface area contributed by atoms with Crippen LogP contribution < -0.4 is 5.73 Å². The first-order valence-corrected chi connectivity index (χ1v) is 9.67. The van der Waals surface area contributed by atoms with Crippen LogP contribution in [0.1, 0.15) is 32.6 Å². The molecule has 2 N–H and O–H groups in total. The standard InChI is InChI=1S/C13H18Br2N2O2S/c1-2-3-6-17(10-4-5-10)20(18,19)13-11(15)7-9(14)8-12(13)16/h7-8,10H,2-6,16H2,1H3. The van der Waals surface area contributed by atoms with Crippen LogP contribution in [0.3, 0.4) is 0 Å². The van der Waals surface area contributed by atoms with Gasteiger partial charge in [0.1, 0.15) is 4.90 Å². The smallest absolute Gasteiger partial charge is 0.246 e. The van der Waals surface area contributed by atoms with Crippen molar-refractivity contribution in [2.45, 2.75) is 43.5 Å². The summed E-state index contributed by atoms with van der Waals surface area (Å²) in [6, 6.07) is 3.48. The quantitative estimate of drug-likeness (QED) is 0.706. The average molecular weight is 426 g/mol. The summed E-state index contributed by atoms with van der Waals surface area (Å²) >= 11 is 6.64. The van der Waals surface area contributed by atoms with Crippen molar-refractivity contribution in [2.75, 3.05) is 12.3 Å². The number of unbranched alkanes of at least 4 members (excludes halogenated alkanes) is 1. The van der Waals surface area contributed by atoms with Gasteiger partial charge in [0.25, 0.3) is 0 Å². The molecule has 1 aliphatic carbocycles. The largest absolute Gasteiger partial charge is 0.398 e. The van der Waals surface area contributed by atoms with Gasteiger partial charge in [-0.2, -0.15) is 4.31 Å². The van der Waals surface area contributed by atoms with E-state index in [9.17, 15) is 8.42 Å². The molecule has 0 amide bonds. The molecule has 1 aliphatic rings. The van der Waals surface area contributed by atoms with Crippen LogP contribution >= 0.6 is 31.9 Å². The minimum absolute atomic E-state index is 0.140.